The summed E-state index contributed by atoms with van der Waals surface area (Å²) in [6, 6.07) is 8.22. The van der Waals surface area contributed by atoms with Crippen LogP contribution in [0.25, 0.3) is 0 Å². The molecule has 3 amide bonds. The molecule has 53 heavy (non-hydrogen) atoms. The fraction of sp³-hybridized carbons (Fsp3) is 0.727. The van der Waals surface area contributed by atoms with Gasteiger partial charge in [-0.15, -0.1) is 0 Å². The zero-order chi connectivity index (χ0) is 39.1. The lowest BCUT2D eigenvalue weighted by Crippen LogP contribution is -2.58. The molecule has 0 bridgehead atoms. The molecule has 2 aliphatic heterocycles. The molecule has 1 N–H and O–H groups in total. The van der Waals surface area contributed by atoms with Crippen molar-refractivity contribution in [2.45, 2.75) is 175 Å². The van der Waals surface area contributed by atoms with E-state index in [1.54, 1.807) is 23.8 Å². The number of hydrogen-bond donors (Lipinski definition) is 1. The quantitative estimate of drug-likeness (QED) is 0.0823. The van der Waals surface area contributed by atoms with Crippen molar-refractivity contribution in [1.29, 1.82) is 0 Å². The third-order valence-corrected chi connectivity index (χ3v) is 11.3. The molecule has 1 aromatic rings. The van der Waals surface area contributed by atoms with Gasteiger partial charge in [0, 0.05) is 25.2 Å². The van der Waals surface area contributed by atoms with Crippen LogP contribution in [0.5, 0.6) is 0 Å². The molecule has 5 atom stereocenters. The number of likely N-dealkylation sites (N-methyl/N-ethyl adjacent to an activating group) is 1. The van der Waals surface area contributed by atoms with Gasteiger partial charge < -0.3 is 19.9 Å². The molecule has 3 rings (SSSR count). The number of benzene rings is 1. The van der Waals surface area contributed by atoms with Crippen molar-refractivity contribution >= 4 is 23.7 Å². The van der Waals surface area contributed by atoms with Crippen LogP contribution in [0.15, 0.2) is 42.0 Å². The summed E-state index contributed by atoms with van der Waals surface area (Å²) in [6.45, 7) is 17.5. The van der Waals surface area contributed by atoms with Crippen LogP contribution < -0.4 is 5.32 Å². The van der Waals surface area contributed by atoms with Crippen LogP contribution in [-0.4, -0.2) is 88.7 Å². The Hall–Kier alpha value is -3.20. The van der Waals surface area contributed by atoms with E-state index in [0.717, 1.165) is 57.1 Å². The summed E-state index contributed by atoms with van der Waals surface area (Å²) >= 11 is 0. The summed E-state index contributed by atoms with van der Waals surface area (Å²) in [6.07, 6.45) is 14.7. The maximum absolute atomic E-state index is 14.1. The number of esters is 1. The standard InChI is InChI=1S/C44H72N4O5/c1-10-11-12-13-14-15-19-27-39(35-23-17-16-18-24-35)53-44(52)37-26-22-29-48(37)42(50)34(8)30-38(31(2)3)46(9)43(51)40(32(4)5)45-41(49)36-25-20-21-28-47(36)33(6)7/h16-18,23-24,30-33,36-40H,10-15,19-22,25-29H2,1-9H3,(H,45,49)/b34-30+/t36?,37-,38+,39-,40-/m0/s1. The summed E-state index contributed by atoms with van der Waals surface area (Å²) in [7, 11) is 1.76. The number of nitrogens with one attached hydrogen (secondary N) is 1. The second-order valence-electron chi connectivity index (χ2n) is 16.5. The highest BCUT2D eigenvalue weighted by Crippen LogP contribution is 2.29. The Kier molecular flexibility index (Phi) is 18.5. The molecule has 2 heterocycles. The highest BCUT2D eigenvalue weighted by Gasteiger charge is 2.39. The molecule has 0 spiro atoms. The summed E-state index contributed by atoms with van der Waals surface area (Å²) < 4.78 is 6.22. The molecule has 9 heteroatoms. The number of carbonyl (C=O) groups is 4. The van der Waals surface area contributed by atoms with Gasteiger partial charge in [-0.1, -0.05) is 116 Å². The number of piperidine rings is 1. The zero-order valence-electron chi connectivity index (χ0n) is 34.6. The monoisotopic (exact) mass is 737 g/mol. The smallest absolute Gasteiger partial charge is 0.329 e. The van der Waals surface area contributed by atoms with Gasteiger partial charge in [-0.05, 0) is 83.2 Å². The fourth-order valence-electron chi connectivity index (χ4n) is 8.01. The lowest BCUT2D eigenvalue weighted by Gasteiger charge is -2.39. The van der Waals surface area contributed by atoms with E-state index in [4.69, 9.17) is 4.74 Å². The Balaban J connectivity index is 1.70. The maximum atomic E-state index is 14.1. The molecule has 2 fully saturated rings. The van der Waals surface area contributed by atoms with Gasteiger partial charge >= 0.3 is 5.97 Å². The molecule has 0 aromatic heterocycles. The average Bonchev–Trinajstić information content (AvgIpc) is 3.64. The molecule has 1 unspecified atom stereocenters. The number of amides is 3. The van der Waals surface area contributed by atoms with Crippen LogP contribution in [0.3, 0.4) is 0 Å². The molecule has 2 saturated heterocycles. The number of hydrogen-bond acceptors (Lipinski definition) is 6. The molecule has 298 valence electrons. The van der Waals surface area contributed by atoms with Gasteiger partial charge in [0.1, 0.15) is 18.2 Å². The first-order valence-electron chi connectivity index (χ1n) is 20.9. The highest BCUT2D eigenvalue weighted by molar-refractivity contribution is 5.96. The van der Waals surface area contributed by atoms with Crippen molar-refractivity contribution in [2.24, 2.45) is 11.8 Å². The lowest BCUT2D eigenvalue weighted by atomic mass is 9.95. The minimum Gasteiger partial charge on any atom is -0.456 e. The van der Waals surface area contributed by atoms with E-state index in [1.165, 1.54) is 32.1 Å². The zero-order valence-corrected chi connectivity index (χ0v) is 34.6. The normalized spacial score (nSPS) is 20.1. The van der Waals surface area contributed by atoms with Crippen molar-refractivity contribution in [3.05, 3.63) is 47.5 Å². The van der Waals surface area contributed by atoms with E-state index < -0.39 is 12.1 Å². The molecule has 2 aliphatic rings. The summed E-state index contributed by atoms with van der Waals surface area (Å²) in [4.78, 5) is 61.1. The van der Waals surface area contributed by atoms with E-state index in [0.29, 0.717) is 18.5 Å². The van der Waals surface area contributed by atoms with Crippen LogP contribution >= 0.6 is 0 Å². The number of likely N-dealkylation sites (tertiary alicyclic amines) is 2. The van der Waals surface area contributed by atoms with Crippen molar-refractivity contribution in [2.75, 3.05) is 20.1 Å². The molecule has 0 aliphatic carbocycles. The first-order chi connectivity index (χ1) is 25.3. The molecule has 0 saturated carbocycles. The van der Waals surface area contributed by atoms with Crippen LogP contribution in [0.2, 0.25) is 0 Å². The van der Waals surface area contributed by atoms with E-state index in [1.807, 2.05) is 64.1 Å². The van der Waals surface area contributed by atoms with Crippen LogP contribution in [-0.2, 0) is 23.9 Å². The van der Waals surface area contributed by atoms with Gasteiger partial charge in [0.15, 0.2) is 0 Å². The molecular weight excluding hydrogens is 665 g/mol. The fourth-order valence-corrected chi connectivity index (χ4v) is 8.01. The Labute approximate surface area is 321 Å². The van der Waals surface area contributed by atoms with Crippen LogP contribution in [0.1, 0.15) is 151 Å². The Bertz CT molecular complexity index is 1330. The Morgan fingerprint density at radius 1 is 0.849 bits per heavy atom. The number of rotatable bonds is 20. The number of ether oxygens (including phenoxy) is 1. The minimum atomic E-state index is -0.689. The van der Waals surface area contributed by atoms with E-state index in [9.17, 15) is 19.2 Å². The maximum Gasteiger partial charge on any atom is 0.329 e. The number of unbranched alkanes of at least 4 members (excludes halogenated alkanes) is 6. The van der Waals surface area contributed by atoms with Gasteiger partial charge in [-0.25, -0.2) is 4.79 Å². The van der Waals surface area contributed by atoms with Crippen molar-refractivity contribution < 1.29 is 23.9 Å². The number of nitrogens with zero attached hydrogens (tertiary/aromatic N) is 3. The molecule has 0 radical (unpaired) electrons. The lowest BCUT2D eigenvalue weighted by molar-refractivity contribution is -0.158. The third kappa shape index (κ3) is 13.0. The molecule has 9 nitrogen and oxygen atoms in total. The molecule has 1 aromatic carbocycles. The highest BCUT2D eigenvalue weighted by atomic mass is 16.5. The first kappa shape index (κ1) is 44.2. The van der Waals surface area contributed by atoms with Crippen LogP contribution in [0, 0.1) is 11.8 Å². The van der Waals surface area contributed by atoms with Crippen LogP contribution in [0.4, 0.5) is 0 Å². The van der Waals surface area contributed by atoms with E-state index in [-0.39, 0.29) is 59.8 Å². The largest absolute Gasteiger partial charge is 0.456 e. The predicted octanol–water partition coefficient (Wildman–Crippen LogP) is 8.24. The minimum absolute atomic E-state index is 0.00241. The van der Waals surface area contributed by atoms with Gasteiger partial charge in [0.2, 0.25) is 17.7 Å². The topological polar surface area (TPSA) is 99.3 Å². The summed E-state index contributed by atoms with van der Waals surface area (Å²) in [5.74, 6) is -0.942. The predicted molar refractivity (Wildman–Crippen MR) is 214 cm³/mol. The average molecular weight is 737 g/mol. The Morgan fingerprint density at radius 3 is 2.11 bits per heavy atom. The first-order valence-corrected chi connectivity index (χ1v) is 20.9. The van der Waals surface area contributed by atoms with Gasteiger partial charge in [0.25, 0.3) is 0 Å². The summed E-state index contributed by atoms with van der Waals surface area (Å²) in [5.41, 5.74) is 1.48. The van der Waals surface area contributed by atoms with Gasteiger partial charge in [-0.2, -0.15) is 0 Å². The second-order valence-corrected chi connectivity index (χ2v) is 16.5. The second kappa shape index (κ2) is 22.2. The van der Waals surface area contributed by atoms with Gasteiger partial charge in [-0.3, -0.25) is 19.3 Å². The summed E-state index contributed by atoms with van der Waals surface area (Å²) in [5, 5.41) is 3.12. The van der Waals surface area contributed by atoms with Crippen molar-refractivity contribution in [3.8, 4) is 0 Å². The van der Waals surface area contributed by atoms with Gasteiger partial charge in [0.05, 0.1) is 12.1 Å². The molecular formula is C44H72N4O5. The Morgan fingerprint density at radius 2 is 1.49 bits per heavy atom. The van der Waals surface area contributed by atoms with E-state index >= 15 is 0 Å². The van der Waals surface area contributed by atoms with Crippen molar-refractivity contribution in [1.82, 2.24) is 20.0 Å². The van der Waals surface area contributed by atoms with E-state index in [2.05, 4.69) is 31.0 Å². The SMILES string of the molecule is CCCCCCCCC[C@H](OC(=O)[C@@H]1CCCN1C(=O)/C(C)=C/[C@H](C(C)C)N(C)C(=O)[C@@H](NC(=O)C1CCCCN1C(C)C)C(C)C)c1ccccc1. The number of carbonyl (C=O) groups excluding carboxylic acids is 4. The third-order valence-electron chi connectivity index (χ3n) is 11.3. The van der Waals surface area contributed by atoms with Crippen molar-refractivity contribution in [3.63, 3.8) is 0 Å².